The third-order valence-corrected chi connectivity index (χ3v) is 8.49. The first-order valence-corrected chi connectivity index (χ1v) is 13.6. The number of anilines is 1. The van der Waals surface area contributed by atoms with Crippen LogP contribution in [0.1, 0.15) is 24.0 Å². The highest BCUT2D eigenvalue weighted by Crippen LogP contribution is 2.47. The van der Waals surface area contributed by atoms with Gasteiger partial charge in [-0.3, -0.25) is 4.79 Å². The van der Waals surface area contributed by atoms with Gasteiger partial charge >= 0.3 is 0 Å². The monoisotopic (exact) mass is 557 g/mol. The van der Waals surface area contributed by atoms with Crippen LogP contribution in [0.25, 0.3) is 10.8 Å². The average Bonchev–Trinajstić information content (AvgIpc) is 2.98. The highest BCUT2D eigenvalue weighted by molar-refractivity contribution is 6.43. The summed E-state index contributed by atoms with van der Waals surface area (Å²) in [6.07, 6.45) is 0. The fraction of sp³-hybridized carbons (Fsp3) is 0.250. The van der Waals surface area contributed by atoms with E-state index < -0.39 is 11.3 Å². The number of fused-ring (bicyclic) bond motifs is 1. The SMILES string of the molecule is COc1ccccc1C(c1cccc2ccccc12)[C@@](C)(C#N)C(=O)N1CCN(c2cccc(Cl)c2Cl)CC1. The van der Waals surface area contributed by atoms with Crippen molar-refractivity contribution in [1.29, 1.82) is 5.26 Å². The van der Waals surface area contributed by atoms with Crippen molar-refractivity contribution < 1.29 is 9.53 Å². The van der Waals surface area contributed by atoms with Gasteiger partial charge in [0.05, 0.1) is 28.9 Å². The minimum absolute atomic E-state index is 0.203. The second-order valence-corrected chi connectivity index (χ2v) is 10.7. The van der Waals surface area contributed by atoms with Gasteiger partial charge < -0.3 is 14.5 Å². The Kier molecular flexibility index (Phi) is 7.70. The predicted octanol–water partition coefficient (Wildman–Crippen LogP) is 7.17. The van der Waals surface area contributed by atoms with Crippen molar-refractivity contribution in [2.24, 2.45) is 5.41 Å². The fourth-order valence-corrected chi connectivity index (χ4v) is 6.06. The second-order valence-electron chi connectivity index (χ2n) is 9.91. The maximum Gasteiger partial charge on any atom is 0.243 e. The summed E-state index contributed by atoms with van der Waals surface area (Å²) in [5.41, 5.74) is 1.17. The molecule has 0 aromatic heterocycles. The Hall–Kier alpha value is -3.72. The molecule has 1 heterocycles. The second kappa shape index (κ2) is 11.2. The summed E-state index contributed by atoms with van der Waals surface area (Å²) < 4.78 is 5.74. The number of hydrogen-bond acceptors (Lipinski definition) is 4. The van der Waals surface area contributed by atoms with E-state index >= 15 is 0 Å². The van der Waals surface area contributed by atoms with Crippen LogP contribution in [-0.4, -0.2) is 44.1 Å². The lowest BCUT2D eigenvalue weighted by molar-refractivity contribution is -0.139. The molecule has 1 aliphatic heterocycles. The average molecular weight is 559 g/mol. The Morgan fingerprint density at radius 1 is 0.897 bits per heavy atom. The molecule has 5 nitrogen and oxygen atoms in total. The molecule has 1 saturated heterocycles. The number of nitrogens with zero attached hydrogens (tertiary/aromatic N) is 3. The first kappa shape index (κ1) is 26.9. The molecule has 7 heteroatoms. The number of rotatable bonds is 6. The van der Waals surface area contributed by atoms with Crippen molar-refractivity contribution in [3.8, 4) is 11.8 Å². The van der Waals surface area contributed by atoms with E-state index in [-0.39, 0.29) is 5.91 Å². The molecule has 1 unspecified atom stereocenters. The number of amides is 1. The summed E-state index contributed by atoms with van der Waals surface area (Å²) in [5, 5.41) is 13.8. The smallest absolute Gasteiger partial charge is 0.243 e. The lowest BCUT2D eigenvalue weighted by atomic mass is 9.68. The van der Waals surface area contributed by atoms with E-state index in [1.807, 2.05) is 78.9 Å². The topological polar surface area (TPSA) is 56.6 Å². The number of methoxy groups -OCH3 is 1. The van der Waals surface area contributed by atoms with Crippen LogP contribution >= 0.6 is 23.2 Å². The van der Waals surface area contributed by atoms with Crippen LogP contribution < -0.4 is 9.64 Å². The van der Waals surface area contributed by atoms with E-state index in [0.717, 1.165) is 27.6 Å². The third kappa shape index (κ3) is 4.91. The van der Waals surface area contributed by atoms with Gasteiger partial charge in [-0.05, 0) is 41.5 Å². The molecule has 0 bridgehead atoms. The van der Waals surface area contributed by atoms with E-state index in [9.17, 15) is 10.1 Å². The Balaban J connectivity index is 1.54. The molecule has 39 heavy (non-hydrogen) atoms. The van der Waals surface area contributed by atoms with Gasteiger partial charge in [0.2, 0.25) is 5.91 Å². The Bertz CT molecular complexity index is 1550. The van der Waals surface area contributed by atoms with Crippen LogP contribution in [0.2, 0.25) is 10.0 Å². The number of piperazine rings is 1. The zero-order chi connectivity index (χ0) is 27.6. The predicted molar refractivity (Wildman–Crippen MR) is 158 cm³/mol. The van der Waals surface area contributed by atoms with Crippen molar-refractivity contribution in [3.05, 3.63) is 106 Å². The van der Waals surface area contributed by atoms with Crippen molar-refractivity contribution in [2.75, 3.05) is 38.2 Å². The van der Waals surface area contributed by atoms with Crippen LogP contribution in [0.4, 0.5) is 5.69 Å². The molecule has 1 fully saturated rings. The van der Waals surface area contributed by atoms with Gasteiger partial charge in [0, 0.05) is 37.7 Å². The molecular formula is C32H29Cl2N3O2. The third-order valence-electron chi connectivity index (χ3n) is 7.68. The van der Waals surface area contributed by atoms with Crippen molar-refractivity contribution in [3.63, 3.8) is 0 Å². The quantitative estimate of drug-likeness (QED) is 0.252. The van der Waals surface area contributed by atoms with E-state index in [1.165, 1.54) is 0 Å². The Morgan fingerprint density at radius 3 is 2.28 bits per heavy atom. The van der Waals surface area contributed by atoms with Crippen LogP contribution in [0, 0.1) is 16.7 Å². The highest BCUT2D eigenvalue weighted by Gasteiger charge is 2.47. The van der Waals surface area contributed by atoms with Crippen LogP contribution in [0.15, 0.2) is 84.9 Å². The van der Waals surface area contributed by atoms with Gasteiger partial charge in [0.15, 0.2) is 0 Å². The molecule has 2 atom stereocenters. The van der Waals surface area contributed by atoms with E-state index in [1.54, 1.807) is 25.0 Å². The molecule has 5 rings (SSSR count). The Morgan fingerprint density at radius 2 is 1.54 bits per heavy atom. The van der Waals surface area contributed by atoms with Gasteiger partial charge in [-0.1, -0.05) is 89.9 Å². The van der Waals surface area contributed by atoms with Crippen LogP contribution in [-0.2, 0) is 4.79 Å². The van der Waals surface area contributed by atoms with Gasteiger partial charge in [-0.25, -0.2) is 0 Å². The summed E-state index contributed by atoms with van der Waals surface area (Å²) in [6.45, 7) is 3.86. The number of halogens is 2. The minimum Gasteiger partial charge on any atom is -0.496 e. The first-order chi connectivity index (χ1) is 18.9. The summed E-state index contributed by atoms with van der Waals surface area (Å²) >= 11 is 12.7. The van der Waals surface area contributed by atoms with E-state index in [0.29, 0.717) is 42.0 Å². The van der Waals surface area contributed by atoms with Gasteiger partial charge in [-0.15, -0.1) is 0 Å². The molecule has 1 amide bonds. The molecule has 0 aliphatic carbocycles. The number of ether oxygens (including phenoxy) is 1. The van der Waals surface area contributed by atoms with E-state index in [2.05, 4.69) is 11.0 Å². The fourth-order valence-electron chi connectivity index (χ4n) is 5.65. The number of hydrogen-bond donors (Lipinski definition) is 0. The number of nitriles is 1. The number of carbonyl (C=O) groups excluding carboxylic acids is 1. The summed E-state index contributed by atoms with van der Waals surface area (Å²) in [5.74, 6) is -0.117. The molecule has 4 aromatic carbocycles. The number of para-hydroxylation sites is 1. The highest BCUT2D eigenvalue weighted by atomic mass is 35.5. The summed E-state index contributed by atoms with van der Waals surface area (Å²) in [4.78, 5) is 18.3. The minimum atomic E-state index is -1.39. The lowest BCUT2D eigenvalue weighted by Crippen LogP contribution is -2.54. The maximum atomic E-state index is 14.3. The maximum absolute atomic E-state index is 14.3. The standard InChI is InChI=1S/C32H29Cl2N3O2/c1-32(21-35,31(38)37-19-17-36(18-20-37)27-15-8-14-26(33)30(27)34)29(25-12-5-6-16-28(25)39-2)24-13-7-10-22-9-3-4-11-23(22)24/h3-16,29H,17-20H2,1-2H3/t29?,32-/m1/s1. The molecule has 0 saturated carbocycles. The van der Waals surface area contributed by atoms with Crippen molar-refractivity contribution in [1.82, 2.24) is 4.90 Å². The Labute approximate surface area is 239 Å². The summed E-state index contributed by atoms with van der Waals surface area (Å²) in [6, 6.07) is 29.8. The molecule has 4 aromatic rings. The van der Waals surface area contributed by atoms with Gasteiger partial charge in [0.1, 0.15) is 11.2 Å². The first-order valence-electron chi connectivity index (χ1n) is 12.9. The molecule has 1 aliphatic rings. The van der Waals surface area contributed by atoms with Crippen molar-refractivity contribution >= 4 is 45.6 Å². The zero-order valence-electron chi connectivity index (χ0n) is 21.9. The molecule has 0 spiro atoms. The van der Waals surface area contributed by atoms with Crippen LogP contribution in [0.3, 0.4) is 0 Å². The molecule has 0 N–H and O–H groups in total. The summed E-state index contributed by atoms with van der Waals surface area (Å²) in [7, 11) is 1.62. The van der Waals surface area contributed by atoms with Crippen molar-refractivity contribution in [2.45, 2.75) is 12.8 Å². The van der Waals surface area contributed by atoms with Crippen LogP contribution in [0.5, 0.6) is 5.75 Å². The van der Waals surface area contributed by atoms with Gasteiger partial charge in [0.25, 0.3) is 0 Å². The molecular weight excluding hydrogens is 529 g/mol. The molecule has 0 radical (unpaired) electrons. The lowest BCUT2D eigenvalue weighted by Gasteiger charge is -2.41. The normalized spacial score (nSPS) is 15.9. The zero-order valence-corrected chi connectivity index (χ0v) is 23.4. The number of carbonyl (C=O) groups is 1. The van der Waals surface area contributed by atoms with E-state index in [4.69, 9.17) is 27.9 Å². The largest absolute Gasteiger partial charge is 0.496 e. The van der Waals surface area contributed by atoms with Gasteiger partial charge in [-0.2, -0.15) is 5.26 Å². The number of benzene rings is 4. The molecule has 198 valence electrons.